The maximum atomic E-state index is 6.17. The molecule has 0 bridgehead atoms. The van der Waals surface area contributed by atoms with Crippen LogP contribution in [-0.2, 0) is 0 Å². The highest BCUT2D eigenvalue weighted by Crippen LogP contribution is 2.26. The minimum Gasteiger partial charge on any atom is -0.495 e. The molecule has 0 aromatic heterocycles. The summed E-state index contributed by atoms with van der Waals surface area (Å²) in [6, 6.07) is 5.88. The van der Waals surface area contributed by atoms with E-state index in [1.54, 1.807) is 7.11 Å². The lowest BCUT2D eigenvalue weighted by Gasteiger charge is -2.23. The van der Waals surface area contributed by atoms with Gasteiger partial charge in [-0.15, -0.1) is 0 Å². The number of hydrogen-bond donors (Lipinski definition) is 1. The zero-order chi connectivity index (χ0) is 15.3. The van der Waals surface area contributed by atoms with Gasteiger partial charge in [-0.25, -0.2) is 0 Å². The molecule has 0 aliphatic carbocycles. The van der Waals surface area contributed by atoms with E-state index in [0.717, 1.165) is 12.1 Å². The van der Waals surface area contributed by atoms with Crippen LogP contribution in [0, 0.1) is 5.92 Å². The molecule has 1 N–H and O–H groups in total. The van der Waals surface area contributed by atoms with Crippen molar-refractivity contribution in [2.45, 2.75) is 40.2 Å². The van der Waals surface area contributed by atoms with Crippen molar-refractivity contribution in [3.63, 3.8) is 0 Å². The van der Waals surface area contributed by atoms with E-state index in [9.17, 15) is 0 Å². The molecule has 0 radical (unpaired) electrons. The lowest BCUT2D eigenvalue weighted by Crippen LogP contribution is -2.37. The van der Waals surface area contributed by atoms with Gasteiger partial charge in [0.2, 0.25) is 0 Å². The summed E-state index contributed by atoms with van der Waals surface area (Å²) < 4.78 is 5.18. The van der Waals surface area contributed by atoms with Gasteiger partial charge in [-0.05, 0) is 44.4 Å². The van der Waals surface area contributed by atoms with Crippen molar-refractivity contribution in [3.05, 3.63) is 34.4 Å². The Balaban J connectivity index is 2.93. The maximum absolute atomic E-state index is 6.17. The summed E-state index contributed by atoms with van der Waals surface area (Å²) in [6.07, 6.45) is 2.20. The average molecular weight is 296 g/mol. The third-order valence-electron chi connectivity index (χ3n) is 3.09. The van der Waals surface area contributed by atoms with Gasteiger partial charge in [0.15, 0.2) is 0 Å². The van der Waals surface area contributed by atoms with E-state index in [1.165, 1.54) is 5.57 Å². The van der Waals surface area contributed by atoms with Crippen LogP contribution in [0.3, 0.4) is 0 Å². The van der Waals surface area contributed by atoms with Gasteiger partial charge in [0, 0.05) is 12.1 Å². The van der Waals surface area contributed by atoms with Crippen LogP contribution in [0.4, 0.5) is 0 Å². The van der Waals surface area contributed by atoms with E-state index in [1.807, 2.05) is 18.2 Å². The minimum absolute atomic E-state index is 0.117. The molecule has 20 heavy (non-hydrogen) atoms. The smallest absolute Gasteiger partial charge is 0.137 e. The van der Waals surface area contributed by atoms with E-state index in [2.05, 4.69) is 46.0 Å². The summed E-state index contributed by atoms with van der Waals surface area (Å²) in [6.45, 7) is 11.8. The minimum atomic E-state index is 0.117. The number of ether oxygens (including phenoxy) is 1. The number of halogens is 1. The summed E-state index contributed by atoms with van der Waals surface area (Å²) >= 11 is 6.17. The van der Waals surface area contributed by atoms with Crippen LogP contribution in [-0.4, -0.2) is 19.2 Å². The SMILES string of the molecule is COc1ccc(C=C(CNC(C)(C)C)C(C)C)cc1Cl. The van der Waals surface area contributed by atoms with Crippen molar-refractivity contribution in [1.29, 1.82) is 0 Å². The second kappa shape index (κ2) is 7.14. The van der Waals surface area contributed by atoms with Crippen LogP contribution < -0.4 is 10.1 Å². The highest BCUT2D eigenvalue weighted by molar-refractivity contribution is 6.32. The normalized spacial score (nSPS) is 12.9. The van der Waals surface area contributed by atoms with Crippen LogP contribution in [0.2, 0.25) is 5.02 Å². The summed E-state index contributed by atoms with van der Waals surface area (Å²) in [5.41, 5.74) is 2.59. The third kappa shape index (κ3) is 5.56. The standard InChI is InChI=1S/C17H26ClNO/c1-12(2)14(11-19-17(3,4)5)9-13-7-8-16(20-6)15(18)10-13/h7-10,12,19H,11H2,1-6H3. The van der Waals surface area contributed by atoms with Gasteiger partial charge >= 0.3 is 0 Å². The average Bonchev–Trinajstić information content (AvgIpc) is 2.33. The molecule has 0 saturated carbocycles. The third-order valence-corrected chi connectivity index (χ3v) is 3.39. The van der Waals surface area contributed by atoms with E-state index in [-0.39, 0.29) is 5.54 Å². The molecule has 0 fully saturated rings. The number of rotatable bonds is 5. The Morgan fingerprint density at radius 1 is 1.35 bits per heavy atom. The van der Waals surface area contributed by atoms with Crippen molar-refractivity contribution in [2.75, 3.05) is 13.7 Å². The molecule has 0 unspecified atom stereocenters. The molecule has 0 aliphatic rings. The molecule has 3 heteroatoms. The van der Waals surface area contributed by atoms with Crippen LogP contribution in [0.1, 0.15) is 40.2 Å². The molecular weight excluding hydrogens is 270 g/mol. The highest BCUT2D eigenvalue weighted by atomic mass is 35.5. The van der Waals surface area contributed by atoms with Gasteiger partial charge in [0.1, 0.15) is 5.75 Å². The molecule has 0 atom stereocenters. The Kier molecular flexibility index (Phi) is 6.09. The Hall–Kier alpha value is -0.990. The summed E-state index contributed by atoms with van der Waals surface area (Å²) in [7, 11) is 1.63. The number of nitrogens with one attached hydrogen (secondary N) is 1. The van der Waals surface area contributed by atoms with Gasteiger partial charge in [0.25, 0.3) is 0 Å². The fourth-order valence-electron chi connectivity index (χ4n) is 1.78. The largest absolute Gasteiger partial charge is 0.495 e. The molecule has 1 aromatic carbocycles. The van der Waals surface area contributed by atoms with Crippen molar-refractivity contribution < 1.29 is 4.74 Å². The predicted molar refractivity (Wildman–Crippen MR) is 88.6 cm³/mol. The van der Waals surface area contributed by atoms with E-state index in [4.69, 9.17) is 16.3 Å². The van der Waals surface area contributed by atoms with Gasteiger partial charge in [-0.2, -0.15) is 0 Å². The second-order valence-corrected chi connectivity index (χ2v) is 6.78. The van der Waals surface area contributed by atoms with E-state index < -0.39 is 0 Å². The molecule has 2 nitrogen and oxygen atoms in total. The van der Waals surface area contributed by atoms with Crippen molar-refractivity contribution in [1.82, 2.24) is 5.32 Å². The van der Waals surface area contributed by atoms with Crippen LogP contribution in [0.5, 0.6) is 5.75 Å². The van der Waals surface area contributed by atoms with E-state index in [0.29, 0.717) is 16.7 Å². The summed E-state index contributed by atoms with van der Waals surface area (Å²) in [4.78, 5) is 0. The predicted octanol–water partition coefficient (Wildman–Crippen LogP) is 4.78. The first kappa shape index (κ1) is 17.1. The van der Waals surface area contributed by atoms with Crippen molar-refractivity contribution in [2.24, 2.45) is 5.92 Å². The molecule has 1 rings (SSSR count). The lowest BCUT2D eigenvalue weighted by molar-refractivity contribution is 0.415. The fraction of sp³-hybridized carbons (Fsp3) is 0.529. The highest BCUT2D eigenvalue weighted by Gasteiger charge is 2.11. The topological polar surface area (TPSA) is 21.3 Å². The molecule has 112 valence electrons. The first-order valence-corrected chi connectivity index (χ1v) is 7.40. The number of methoxy groups -OCH3 is 1. The van der Waals surface area contributed by atoms with Gasteiger partial charge in [-0.1, -0.05) is 43.2 Å². The molecule has 0 spiro atoms. The van der Waals surface area contributed by atoms with Crippen molar-refractivity contribution in [3.8, 4) is 5.75 Å². The Morgan fingerprint density at radius 2 is 2.00 bits per heavy atom. The first-order chi connectivity index (χ1) is 9.23. The first-order valence-electron chi connectivity index (χ1n) is 7.02. The maximum Gasteiger partial charge on any atom is 0.137 e. The Labute approximate surface area is 128 Å². The molecule has 0 aliphatic heterocycles. The number of hydrogen-bond acceptors (Lipinski definition) is 2. The van der Waals surface area contributed by atoms with Crippen molar-refractivity contribution >= 4 is 17.7 Å². The number of benzene rings is 1. The second-order valence-electron chi connectivity index (χ2n) is 6.37. The molecule has 0 amide bonds. The molecule has 0 heterocycles. The van der Waals surface area contributed by atoms with Crippen LogP contribution in [0.25, 0.3) is 6.08 Å². The quantitative estimate of drug-likeness (QED) is 0.844. The summed E-state index contributed by atoms with van der Waals surface area (Å²) in [5.74, 6) is 1.20. The van der Waals surface area contributed by atoms with E-state index >= 15 is 0 Å². The fourth-order valence-corrected chi connectivity index (χ4v) is 2.04. The summed E-state index contributed by atoms with van der Waals surface area (Å²) in [5, 5.41) is 4.18. The Morgan fingerprint density at radius 3 is 2.45 bits per heavy atom. The van der Waals surface area contributed by atoms with Gasteiger partial charge in [0.05, 0.1) is 12.1 Å². The van der Waals surface area contributed by atoms with Crippen LogP contribution in [0.15, 0.2) is 23.8 Å². The van der Waals surface area contributed by atoms with Crippen LogP contribution >= 0.6 is 11.6 Å². The monoisotopic (exact) mass is 295 g/mol. The van der Waals surface area contributed by atoms with Gasteiger partial charge < -0.3 is 10.1 Å². The lowest BCUT2D eigenvalue weighted by atomic mass is 9.98. The van der Waals surface area contributed by atoms with Gasteiger partial charge in [-0.3, -0.25) is 0 Å². The zero-order valence-electron chi connectivity index (χ0n) is 13.4. The Bertz CT molecular complexity index is 472. The molecular formula is C17H26ClNO. The molecule has 1 aromatic rings. The zero-order valence-corrected chi connectivity index (χ0v) is 14.1. The molecule has 0 saturated heterocycles.